The molecule has 1 amide bonds. The summed E-state index contributed by atoms with van der Waals surface area (Å²) in [6.07, 6.45) is 2.08. The molecule has 1 spiro atoms. The van der Waals surface area contributed by atoms with Crippen LogP contribution >= 0.6 is 0 Å². The van der Waals surface area contributed by atoms with Crippen molar-refractivity contribution in [2.45, 2.75) is 31.9 Å². The van der Waals surface area contributed by atoms with Crippen molar-refractivity contribution in [1.82, 2.24) is 10.2 Å². The number of ether oxygens (including phenoxy) is 2. The number of hydrogen-bond donors (Lipinski definition) is 1. The third kappa shape index (κ3) is 3.79. The van der Waals surface area contributed by atoms with E-state index < -0.39 is 0 Å². The number of methoxy groups -OCH3 is 1. The van der Waals surface area contributed by atoms with E-state index in [2.05, 4.69) is 41.4 Å². The SMILES string of the molecule is COCC(=O)NCCC1CCOC12CN(Cc1ccccc1C)C2. The van der Waals surface area contributed by atoms with Crippen LogP contribution in [0.2, 0.25) is 0 Å². The average molecular weight is 332 g/mol. The van der Waals surface area contributed by atoms with Crippen LogP contribution in [0.1, 0.15) is 24.0 Å². The molecule has 3 rings (SSSR count). The molecule has 132 valence electrons. The third-order valence-corrected chi connectivity index (χ3v) is 5.33. The number of hydrogen-bond acceptors (Lipinski definition) is 4. The number of rotatable bonds is 7. The highest BCUT2D eigenvalue weighted by Gasteiger charge is 2.52. The number of nitrogens with one attached hydrogen (secondary N) is 1. The molecule has 2 heterocycles. The first-order chi connectivity index (χ1) is 11.6. The summed E-state index contributed by atoms with van der Waals surface area (Å²) >= 11 is 0. The van der Waals surface area contributed by atoms with Gasteiger partial charge < -0.3 is 14.8 Å². The summed E-state index contributed by atoms with van der Waals surface area (Å²) in [5.74, 6) is 0.494. The van der Waals surface area contributed by atoms with Crippen LogP contribution in [0.5, 0.6) is 0 Å². The van der Waals surface area contributed by atoms with E-state index in [4.69, 9.17) is 9.47 Å². The predicted molar refractivity (Wildman–Crippen MR) is 92.7 cm³/mol. The molecule has 0 bridgehead atoms. The standard InChI is InChI=1S/C19H28N2O3/c1-15-5-3-4-6-16(15)11-21-13-19(14-21)17(8-10-24-19)7-9-20-18(22)12-23-2/h3-6,17H,7-14H2,1-2H3,(H,20,22). The van der Waals surface area contributed by atoms with Crippen molar-refractivity contribution in [1.29, 1.82) is 0 Å². The van der Waals surface area contributed by atoms with E-state index in [0.29, 0.717) is 12.5 Å². The zero-order chi connectivity index (χ0) is 17.0. The van der Waals surface area contributed by atoms with E-state index in [0.717, 1.165) is 39.1 Å². The monoisotopic (exact) mass is 332 g/mol. The van der Waals surface area contributed by atoms with Gasteiger partial charge >= 0.3 is 0 Å². The molecular formula is C19H28N2O3. The Hall–Kier alpha value is -1.43. The zero-order valence-electron chi connectivity index (χ0n) is 14.7. The summed E-state index contributed by atoms with van der Waals surface area (Å²) in [6, 6.07) is 8.57. The molecule has 1 aromatic rings. The Kier molecular flexibility index (Phi) is 5.54. The maximum absolute atomic E-state index is 11.5. The van der Waals surface area contributed by atoms with Gasteiger partial charge in [-0.3, -0.25) is 9.69 Å². The number of aryl methyl sites for hydroxylation is 1. The van der Waals surface area contributed by atoms with Gasteiger partial charge in [0.05, 0.1) is 5.60 Å². The highest BCUT2D eigenvalue weighted by atomic mass is 16.5. The Morgan fingerprint density at radius 1 is 1.42 bits per heavy atom. The van der Waals surface area contributed by atoms with E-state index in [-0.39, 0.29) is 18.1 Å². The van der Waals surface area contributed by atoms with Crippen LogP contribution in [0.15, 0.2) is 24.3 Å². The van der Waals surface area contributed by atoms with Crippen molar-refractivity contribution < 1.29 is 14.3 Å². The second-order valence-electron chi connectivity index (χ2n) is 7.04. The molecule has 1 N–H and O–H groups in total. The molecule has 2 aliphatic rings. The Labute approximate surface area is 144 Å². The Morgan fingerprint density at radius 2 is 2.21 bits per heavy atom. The van der Waals surface area contributed by atoms with Gasteiger partial charge in [-0.1, -0.05) is 24.3 Å². The minimum atomic E-state index is -0.0414. The van der Waals surface area contributed by atoms with Crippen molar-refractivity contribution in [3.63, 3.8) is 0 Å². The summed E-state index contributed by atoms with van der Waals surface area (Å²) in [7, 11) is 1.54. The fourth-order valence-electron chi connectivity index (χ4n) is 3.96. The average Bonchev–Trinajstić information content (AvgIpc) is 2.93. The van der Waals surface area contributed by atoms with Gasteiger partial charge in [-0.2, -0.15) is 0 Å². The molecule has 5 heteroatoms. The third-order valence-electron chi connectivity index (χ3n) is 5.33. The summed E-state index contributed by atoms with van der Waals surface area (Å²) < 4.78 is 10.9. The first-order valence-electron chi connectivity index (χ1n) is 8.79. The summed E-state index contributed by atoms with van der Waals surface area (Å²) in [5, 5.41) is 2.92. The normalized spacial score (nSPS) is 22.5. The fourth-order valence-corrected chi connectivity index (χ4v) is 3.96. The number of carbonyl (C=O) groups excluding carboxylic acids is 1. The molecule has 0 aliphatic carbocycles. The minimum Gasteiger partial charge on any atom is -0.375 e. The Bertz CT molecular complexity index is 569. The molecule has 2 aliphatic heterocycles. The predicted octanol–water partition coefficient (Wildman–Crippen LogP) is 1.74. The van der Waals surface area contributed by atoms with Crippen molar-refractivity contribution in [3.8, 4) is 0 Å². The first-order valence-corrected chi connectivity index (χ1v) is 8.79. The number of carbonyl (C=O) groups is 1. The highest BCUT2D eigenvalue weighted by Crippen LogP contribution is 2.42. The number of nitrogens with zero attached hydrogens (tertiary/aromatic N) is 1. The second kappa shape index (κ2) is 7.64. The number of likely N-dealkylation sites (tertiary alicyclic amines) is 1. The van der Waals surface area contributed by atoms with Gasteiger partial charge in [0.15, 0.2) is 0 Å². The van der Waals surface area contributed by atoms with Crippen LogP contribution in [0, 0.1) is 12.8 Å². The van der Waals surface area contributed by atoms with Gasteiger partial charge in [-0.15, -0.1) is 0 Å². The van der Waals surface area contributed by atoms with Crippen molar-refractivity contribution in [3.05, 3.63) is 35.4 Å². The quantitative estimate of drug-likeness (QED) is 0.826. The van der Waals surface area contributed by atoms with Crippen LogP contribution in [0.4, 0.5) is 0 Å². The molecule has 2 fully saturated rings. The molecule has 1 aromatic carbocycles. The van der Waals surface area contributed by atoms with Gasteiger partial charge in [0, 0.05) is 39.9 Å². The fraction of sp³-hybridized carbons (Fsp3) is 0.632. The maximum atomic E-state index is 11.5. The van der Waals surface area contributed by atoms with Crippen LogP contribution < -0.4 is 5.32 Å². The van der Waals surface area contributed by atoms with Crippen LogP contribution in [0.25, 0.3) is 0 Å². The van der Waals surface area contributed by atoms with Crippen LogP contribution in [0.3, 0.4) is 0 Å². The molecule has 1 atom stereocenters. The molecule has 0 radical (unpaired) electrons. The lowest BCUT2D eigenvalue weighted by Crippen LogP contribution is -2.64. The Morgan fingerprint density at radius 3 is 2.96 bits per heavy atom. The topological polar surface area (TPSA) is 50.8 Å². The molecule has 0 aromatic heterocycles. The van der Waals surface area contributed by atoms with E-state index in [1.807, 2.05) is 0 Å². The largest absolute Gasteiger partial charge is 0.375 e. The van der Waals surface area contributed by atoms with Gasteiger partial charge in [-0.05, 0) is 36.8 Å². The van der Waals surface area contributed by atoms with Crippen LogP contribution in [-0.4, -0.2) is 56.4 Å². The highest BCUT2D eigenvalue weighted by molar-refractivity contribution is 5.77. The second-order valence-corrected chi connectivity index (χ2v) is 7.04. The summed E-state index contributed by atoms with van der Waals surface area (Å²) in [6.45, 7) is 6.84. The van der Waals surface area contributed by atoms with E-state index >= 15 is 0 Å². The maximum Gasteiger partial charge on any atom is 0.245 e. The molecular weight excluding hydrogens is 304 g/mol. The van der Waals surface area contributed by atoms with Crippen LogP contribution in [-0.2, 0) is 20.8 Å². The lowest BCUT2D eigenvalue weighted by molar-refractivity contribution is -0.137. The molecule has 1 unspecified atom stereocenters. The first kappa shape index (κ1) is 17.4. The molecule has 0 saturated carbocycles. The van der Waals surface area contributed by atoms with Gasteiger partial charge in [0.2, 0.25) is 5.91 Å². The van der Waals surface area contributed by atoms with E-state index in [1.54, 1.807) is 0 Å². The number of benzene rings is 1. The van der Waals surface area contributed by atoms with E-state index in [9.17, 15) is 4.79 Å². The Balaban J connectivity index is 1.46. The van der Waals surface area contributed by atoms with Gasteiger partial charge in [0.1, 0.15) is 6.61 Å². The lowest BCUT2D eigenvalue weighted by Gasteiger charge is -2.50. The summed E-state index contributed by atoms with van der Waals surface area (Å²) in [4.78, 5) is 13.9. The van der Waals surface area contributed by atoms with Gasteiger partial charge in [-0.25, -0.2) is 0 Å². The summed E-state index contributed by atoms with van der Waals surface area (Å²) in [5.41, 5.74) is 2.76. The van der Waals surface area contributed by atoms with Crippen molar-refractivity contribution in [2.75, 3.05) is 40.0 Å². The lowest BCUT2D eigenvalue weighted by atomic mass is 9.78. The zero-order valence-corrected chi connectivity index (χ0v) is 14.7. The van der Waals surface area contributed by atoms with Crippen molar-refractivity contribution >= 4 is 5.91 Å². The molecule has 5 nitrogen and oxygen atoms in total. The molecule has 24 heavy (non-hydrogen) atoms. The van der Waals surface area contributed by atoms with Gasteiger partial charge in [0.25, 0.3) is 0 Å². The van der Waals surface area contributed by atoms with E-state index in [1.165, 1.54) is 18.2 Å². The minimum absolute atomic E-state index is 0.00860. The smallest absolute Gasteiger partial charge is 0.245 e. The number of amides is 1. The van der Waals surface area contributed by atoms with Crippen molar-refractivity contribution in [2.24, 2.45) is 5.92 Å². The molecule has 2 saturated heterocycles.